The highest BCUT2D eigenvalue weighted by molar-refractivity contribution is 14.0. The van der Waals surface area contributed by atoms with Gasteiger partial charge in [0.2, 0.25) is 0 Å². The second-order valence-electron chi connectivity index (χ2n) is 5.19. The van der Waals surface area contributed by atoms with Crippen molar-refractivity contribution >= 4 is 29.9 Å². The first-order valence-corrected chi connectivity index (χ1v) is 7.94. The first-order valence-electron chi connectivity index (χ1n) is 7.94. The van der Waals surface area contributed by atoms with E-state index >= 15 is 0 Å². The minimum absolute atomic E-state index is 0. The van der Waals surface area contributed by atoms with E-state index in [0.29, 0.717) is 0 Å². The summed E-state index contributed by atoms with van der Waals surface area (Å²) < 4.78 is 0. The normalized spacial score (nSPS) is 11.2. The van der Waals surface area contributed by atoms with Gasteiger partial charge < -0.3 is 15.1 Å². The molecular weight excluding hydrogens is 375 g/mol. The molecule has 5 heteroatoms. The van der Waals surface area contributed by atoms with Crippen LogP contribution in [0.3, 0.4) is 0 Å². The van der Waals surface area contributed by atoms with Crippen LogP contribution in [0.15, 0.2) is 17.6 Å². The van der Waals surface area contributed by atoms with E-state index in [9.17, 15) is 0 Å². The van der Waals surface area contributed by atoms with Crippen LogP contribution in [0.25, 0.3) is 0 Å². The zero-order valence-corrected chi connectivity index (χ0v) is 16.7. The Kier molecular flexibility index (Phi) is 17.6. The number of rotatable bonds is 11. The van der Waals surface area contributed by atoms with Crippen LogP contribution in [0.1, 0.15) is 39.5 Å². The van der Waals surface area contributed by atoms with Crippen molar-refractivity contribution in [1.82, 2.24) is 15.1 Å². The average molecular weight is 410 g/mol. The Morgan fingerprint density at radius 3 is 2.43 bits per heavy atom. The zero-order chi connectivity index (χ0) is 15.2. The van der Waals surface area contributed by atoms with Gasteiger partial charge in [0.15, 0.2) is 5.96 Å². The van der Waals surface area contributed by atoms with Gasteiger partial charge in [0, 0.05) is 26.7 Å². The molecule has 0 atom stereocenters. The summed E-state index contributed by atoms with van der Waals surface area (Å²) in [6.45, 7) is 13.0. The van der Waals surface area contributed by atoms with Gasteiger partial charge in [-0.1, -0.05) is 19.4 Å². The molecule has 0 rings (SSSR count). The maximum Gasteiger partial charge on any atom is 0.193 e. The summed E-state index contributed by atoms with van der Waals surface area (Å²) in [7, 11) is 4.25. The van der Waals surface area contributed by atoms with Gasteiger partial charge in [-0.25, -0.2) is 0 Å². The minimum Gasteiger partial charge on any atom is -0.357 e. The predicted molar refractivity (Wildman–Crippen MR) is 106 cm³/mol. The zero-order valence-electron chi connectivity index (χ0n) is 14.4. The Morgan fingerprint density at radius 2 is 1.86 bits per heavy atom. The standard InChI is InChI=1S/C16H34N4.HI/c1-6-9-10-11-12-14-20(5)16(17-7-2)18-13-15-19(4)8-3;/h6H,1,7-15H2,2-5H3,(H,17,18);1H. The van der Waals surface area contributed by atoms with Gasteiger partial charge in [-0.05, 0) is 39.8 Å². The number of likely N-dealkylation sites (N-methyl/N-ethyl adjacent to an activating group) is 1. The third-order valence-corrected chi connectivity index (χ3v) is 3.38. The van der Waals surface area contributed by atoms with Crippen molar-refractivity contribution in [2.24, 2.45) is 4.99 Å². The Balaban J connectivity index is 0. The fourth-order valence-electron chi connectivity index (χ4n) is 1.87. The molecule has 4 nitrogen and oxygen atoms in total. The van der Waals surface area contributed by atoms with Gasteiger partial charge in [-0.3, -0.25) is 4.99 Å². The Bertz CT molecular complexity index is 269. The van der Waals surface area contributed by atoms with Crippen LogP contribution < -0.4 is 5.32 Å². The number of unbranched alkanes of at least 4 members (excludes halogenated alkanes) is 3. The Hall–Kier alpha value is -0.300. The van der Waals surface area contributed by atoms with Crippen molar-refractivity contribution in [3.8, 4) is 0 Å². The summed E-state index contributed by atoms with van der Waals surface area (Å²) in [5.41, 5.74) is 0. The molecule has 0 aromatic heterocycles. The lowest BCUT2D eigenvalue weighted by Crippen LogP contribution is -2.40. The molecule has 0 aromatic carbocycles. The van der Waals surface area contributed by atoms with E-state index in [1.54, 1.807) is 0 Å². The number of guanidine groups is 1. The molecule has 0 bridgehead atoms. The summed E-state index contributed by atoms with van der Waals surface area (Å²) in [5.74, 6) is 1.03. The number of nitrogens with zero attached hydrogens (tertiary/aromatic N) is 3. The molecule has 0 saturated carbocycles. The molecule has 0 aliphatic rings. The molecule has 0 radical (unpaired) electrons. The number of halogens is 1. The number of nitrogens with one attached hydrogen (secondary N) is 1. The first-order chi connectivity index (χ1) is 9.65. The van der Waals surface area contributed by atoms with Gasteiger partial charge >= 0.3 is 0 Å². The lowest BCUT2D eigenvalue weighted by Gasteiger charge is -2.22. The molecule has 0 heterocycles. The third-order valence-electron chi connectivity index (χ3n) is 3.38. The van der Waals surface area contributed by atoms with Crippen LogP contribution in [0, 0.1) is 0 Å². The molecule has 0 amide bonds. The summed E-state index contributed by atoms with van der Waals surface area (Å²) in [6, 6.07) is 0. The molecule has 0 spiro atoms. The molecule has 126 valence electrons. The van der Waals surface area contributed by atoms with Crippen molar-refractivity contribution in [2.75, 3.05) is 46.8 Å². The highest BCUT2D eigenvalue weighted by atomic mass is 127. The molecule has 0 aromatic rings. The van der Waals surface area contributed by atoms with Crippen LogP contribution in [-0.2, 0) is 0 Å². The monoisotopic (exact) mass is 410 g/mol. The third kappa shape index (κ3) is 13.1. The first kappa shape index (κ1) is 23.0. The highest BCUT2D eigenvalue weighted by Gasteiger charge is 2.04. The van der Waals surface area contributed by atoms with E-state index in [0.717, 1.165) is 45.1 Å². The summed E-state index contributed by atoms with van der Waals surface area (Å²) in [4.78, 5) is 9.21. The molecule has 1 N–H and O–H groups in total. The second-order valence-corrected chi connectivity index (χ2v) is 5.19. The summed E-state index contributed by atoms with van der Waals surface area (Å²) >= 11 is 0. The predicted octanol–water partition coefficient (Wildman–Crippen LogP) is 3.20. The summed E-state index contributed by atoms with van der Waals surface area (Å²) in [5, 5.41) is 3.37. The van der Waals surface area contributed by atoms with E-state index in [1.807, 2.05) is 6.08 Å². The van der Waals surface area contributed by atoms with Crippen molar-refractivity contribution in [3.05, 3.63) is 12.7 Å². The molecule has 21 heavy (non-hydrogen) atoms. The Morgan fingerprint density at radius 1 is 1.14 bits per heavy atom. The summed E-state index contributed by atoms with van der Waals surface area (Å²) in [6.07, 6.45) is 6.84. The molecule has 0 fully saturated rings. The van der Waals surface area contributed by atoms with E-state index in [4.69, 9.17) is 4.99 Å². The Labute approximate surface area is 149 Å². The number of hydrogen-bond acceptors (Lipinski definition) is 2. The fourth-order valence-corrected chi connectivity index (χ4v) is 1.87. The molecule has 0 aliphatic heterocycles. The van der Waals surface area contributed by atoms with E-state index in [1.165, 1.54) is 19.3 Å². The quantitative estimate of drug-likeness (QED) is 0.187. The van der Waals surface area contributed by atoms with Crippen LogP contribution in [0.4, 0.5) is 0 Å². The van der Waals surface area contributed by atoms with Crippen molar-refractivity contribution in [2.45, 2.75) is 39.5 Å². The highest BCUT2D eigenvalue weighted by Crippen LogP contribution is 2.01. The van der Waals surface area contributed by atoms with Gasteiger partial charge in [-0.2, -0.15) is 0 Å². The molecule has 0 unspecified atom stereocenters. The van der Waals surface area contributed by atoms with Crippen molar-refractivity contribution in [3.63, 3.8) is 0 Å². The second kappa shape index (κ2) is 16.1. The van der Waals surface area contributed by atoms with Crippen LogP contribution in [0.2, 0.25) is 0 Å². The van der Waals surface area contributed by atoms with Gasteiger partial charge in [0.25, 0.3) is 0 Å². The van der Waals surface area contributed by atoms with Crippen molar-refractivity contribution in [1.29, 1.82) is 0 Å². The van der Waals surface area contributed by atoms with Crippen LogP contribution >= 0.6 is 24.0 Å². The smallest absolute Gasteiger partial charge is 0.193 e. The largest absolute Gasteiger partial charge is 0.357 e. The van der Waals surface area contributed by atoms with E-state index < -0.39 is 0 Å². The lowest BCUT2D eigenvalue weighted by atomic mass is 10.2. The maximum absolute atomic E-state index is 4.69. The molecule has 0 aliphatic carbocycles. The number of aliphatic imine (C=N–C) groups is 1. The number of allylic oxidation sites excluding steroid dienone is 1. The fraction of sp³-hybridized carbons (Fsp3) is 0.812. The van der Waals surface area contributed by atoms with E-state index in [-0.39, 0.29) is 24.0 Å². The topological polar surface area (TPSA) is 30.9 Å². The van der Waals surface area contributed by atoms with Gasteiger partial charge in [0.05, 0.1) is 6.54 Å². The SMILES string of the molecule is C=CCCCCCN(C)C(=NCCN(C)CC)NCC.I. The van der Waals surface area contributed by atoms with Crippen LogP contribution in [0.5, 0.6) is 0 Å². The molecule has 0 saturated heterocycles. The maximum atomic E-state index is 4.69. The molecular formula is C16H35IN4. The van der Waals surface area contributed by atoms with Crippen molar-refractivity contribution < 1.29 is 0 Å². The lowest BCUT2D eigenvalue weighted by molar-refractivity contribution is 0.361. The average Bonchev–Trinajstić information content (AvgIpc) is 2.45. The van der Waals surface area contributed by atoms with Crippen LogP contribution in [-0.4, -0.2) is 62.6 Å². The van der Waals surface area contributed by atoms with E-state index in [2.05, 4.69) is 49.6 Å². The van der Waals surface area contributed by atoms with Gasteiger partial charge in [0.1, 0.15) is 0 Å². The minimum atomic E-state index is 0. The van der Waals surface area contributed by atoms with Gasteiger partial charge in [-0.15, -0.1) is 30.6 Å². The number of hydrogen-bond donors (Lipinski definition) is 1.